The monoisotopic (exact) mass is 306 g/mol. The van der Waals surface area contributed by atoms with E-state index in [1.54, 1.807) is 0 Å². The molecule has 16 heavy (non-hydrogen) atoms. The zero-order chi connectivity index (χ0) is 13.2. The van der Waals surface area contributed by atoms with E-state index in [0.29, 0.717) is 0 Å². The summed E-state index contributed by atoms with van der Waals surface area (Å²) >= 11 is 0. The van der Waals surface area contributed by atoms with E-state index >= 15 is 0 Å². The van der Waals surface area contributed by atoms with E-state index in [2.05, 4.69) is 65.5 Å². The summed E-state index contributed by atoms with van der Waals surface area (Å²) in [4.78, 5) is 0. The van der Waals surface area contributed by atoms with E-state index in [9.17, 15) is 0 Å². The number of hydrogen-bond donors (Lipinski definition) is 0. The Hall–Kier alpha value is 1.04. The molecule has 0 atom stereocenters. The Morgan fingerprint density at radius 1 is 0.438 bits per heavy atom. The Morgan fingerprint density at radius 2 is 0.688 bits per heavy atom. The fourth-order valence-electron chi connectivity index (χ4n) is 3.18. The molecule has 0 N–H and O–H groups in total. The van der Waals surface area contributed by atoms with Gasteiger partial charge in [0.1, 0.15) is 0 Å². The van der Waals surface area contributed by atoms with Crippen LogP contribution in [-0.4, -0.2) is 37.0 Å². The van der Waals surface area contributed by atoms with Gasteiger partial charge in [-0.1, -0.05) is 39.3 Å². The third-order valence-corrected chi connectivity index (χ3v) is 99.5. The summed E-state index contributed by atoms with van der Waals surface area (Å²) in [7, 11) is -6.04. The predicted octanol–water partition coefficient (Wildman–Crippen LogP) is 3.87. The van der Waals surface area contributed by atoms with Crippen molar-refractivity contribution in [2.24, 2.45) is 0 Å². The van der Waals surface area contributed by atoms with Gasteiger partial charge in [-0.25, -0.2) is 0 Å². The van der Waals surface area contributed by atoms with Crippen LogP contribution in [0.4, 0.5) is 0 Å². The summed E-state index contributed by atoms with van der Waals surface area (Å²) in [6.45, 7) is 26.1. The van der Waals surface area contributed by atoms with Crippen LogP contribution in [0, 0.1) is 0 Å². The lowest BCUT2D eigenvalue weighted by molar-refractivity contribution is 0.581. The fourth-order valence-corrected chi connectivity index (χ4v) is 119. The second kappa shape index (κ2) is 3.54. The van der Waals surface area contributed by atoms with Crippen LogP contribution in [0.25, 0.3) is 0 Å². The van der Waals surface area contributed by atoms with E-state index < -0.39 is 37.0 Å². The summed E-state index contributed by atoms with van der Waals surface area (Å²) in [6, 6.07) is 0. The lowest BCUT2D eigenvalue weighted by Gasteiger charge is -2.65. The smallest absolute Gasteiger partial charge is 0.157 e. The van der Waals surface area contributed by atoms with Crippen molar-refractivity contribution in [3.8, 4) is 0 Å². The SMILES string of the molecule is C[Si]1(C)O[Si](C)(C)[Si](C)(C)[Si](C)(C)[Si]1(C)C. The third kappa shape index (κ3) is 1.60. The maximum absolute atomic E-state index is 6.86. The summed E-state index contributed by atoms with van der Waals surface area (Å²) in [6.07, 6.45) is 0. The zero-order valence-corrected chi connectivity index (χ0v) is 17.9. The first kappa shape index (κ1) is 15.1. The quantitative estimate of drug-likeness (QED) is 0.617. The van der Waals surface area contributed by atoms with E-state index in [1.807, 2.05) is 0 Å². The van der Waals surface area contributed by atoms with Gasteiger partial charge in [0.15, 0.2) is 15.7 Å². The Morgan fingerprint density at radius 3 is 0.938 bits per heavy atom. The van der Waals surface area contributed by atoms with Gasteiger partial charge < -0.3 is 4.12 Å². The highest BCUT2D eigenvalue weighted by Gasteiger charge is 2.70. The van der Waals surface area contributed by atoms with E-state index in [4.69, 9.17) is 4.12 Å². The lowest BCUT2D eigenvalue weighted by atomic mass is 11.9. The van der Waals surface area contributed by atoms with Gasteiger partial charge in [-0.3, -0.25) is 0 Å². The van der Waals surface area contributed by atoms with Crippen LogP contribution in [0.1, 0.15) is 0 Å². The molecule has 1 heterocycles. The molecule has 0 aromatic rings. The topological polar surface area (TPSA) is 9.23 Å². The van der Waals surface area contributed by atoms with Crippen LogP contribution in [0.3, 0.4) is 0 Å². The van der Waals surface area contributed by atoms with Gasteiger partial charge in [-0.2, -0.15) is 0 Å². The van der Waals surface area contributed by atoms with Crippen LogP contribution < -0.4 is 0 Å². The van der Waals surface area contributed by atoms with Crippen LogP contribution in [-0.2, 0) is 4.12 Å². The molecule has 1 fully saturated rings. The molecule has 1 aliphatic heterocycles. The fraction of sp³-hybridized carbons (Fsp3) is 1.00. The van der Waals surface area contributed by atoms with Crippen molar-refractivity contribution < 1.29 is 4.12 Å². The van der Waals surface area contributed by atoms with Crippen LogP contribution in [0.15, 0.2) is 0 Å². The second-order valence-electron chi connectivity index (χ2n) is 8.00. The highest BCUT2D eigenvalue weighted by Crippen LogP contribution is 2.45. The minimum atomic E-state index is -1.38. The van der Waals surface area contributed by atoms with Crippen molar-refractivity contribution in [1.29, 1.82) is 0 Å². The average Bonchev–Trinajstić information content (AvgIpc) is 1.98. The summed E-state index contributed by atoms with van der Waals surface area (Å²) in [5, 5.41) is 0. The minimum Gasteiger partial charge on any atom is -0.460 e. The molecular weight excluding hydrogens is 277 g/mol. The largest absolute Gasteiger partial charge is 0.460 e. The molecule has 1 saturated heterocycles. The molecule has 0 amide bonds. The minimum absolute atomic E-state index is 1.04. The van der Waals surface area contributed by atoms with E-state index in [1.165, 1.54) is 0 Å². The highest BCUT2D eigenvalue weighted by atomic mass is 30.0. The van der Waals surface area contributed by atoms with E-state index in [-0.39, 0.29) is 0 Å². The first-order valence-electron chi connectivity index (χ1n) is 6.41. The maximum Gasteiger partial charge on any atom is 0.157 e. The molecule has 0 bridgehead atoms. The maximum atomic E-state index is 6.86. The van der Waals surface area contributed by atoms with Crippen molar-refractivity contribution in [3.63, 3.8) is 0 Å². The molecular formula is C10H30OSi5. The molecule has 0 radical (unpaired) electrons. The molecule has 0 spiro atoms. The van der Waals surface area contributed by atoms with Crippen molar-refractivity contribution in [3.05, 3.63) is 0 Å². The second-order valence-corrected chi connectivity index (χ2v) is 58.8. The molecule has 1 nitrogen and oxygen atoms in total. The lowest BCUT2D eigenvalue weighted by Crippen LogP contribution is -2.91. The Bertz CT molecular complexity index is 278. The normalized spacial score (nSPS) is 33.4. The molecule has 1 rings (SSSR count). The van der Waals surface area contributed by atoms with Crippen LogP contribution >= 0.6 is 0 Å². The van der Waals surface area contributed by atoms with Gasteiger partial charge >= 0.3 is 0 Å². The molecule has 0 aliphatic carbocycles. The van der Waals surface area contributed by atoms with Gasteiger partial charge in [0, 0.05) is 7.11 Å². The standard InChI is InChI=1S/C10H30OSi5/c1-12(2)11-13(3,4)15(7,8)16(9,10)14(12,5)6/h1-10H3. The Labute approximate surface area is 106 Å². The summed E-state index contributed by atoms with van der Waals surface area (Å²) < 4.78 is 6.86. The average molecular weight is 307 g/mol. The number of rotatable bonds is 0. The molecule has 0 aromatic carbocycles. The molecule has 6 heteroatoms. The summed E-state index contributed by atoms with van der Waals surface area (Å²) in [5.41, 5.74) is 0. The number of hydrogen-bond acceptors (Lipinski definition) is 1. The van der Waals surface area contributed by atoms with Crippen LogP contribution in [0.5, 0.6) is 0 Å². The van der Waals surface area contributed by atoms with E-state index in [0.717, 1.165) is 0 Å². The van der Waals surface area contributed by atoms with Crippen molar-refractivity contribution >= 4 is 37.0 Å². The van der Waals surface area contributed by atoms with Crippen molar-refractivity contribution in [2.45, 2.75) is 65.5 Å². The molecule has 1 aliphatic rings. The molecule has 96 valence electrons. The first-order chi connectivity index (χ1) is 6.71. The predicted molar refractivity (Wildman–Crippen MR) is 88.5 cm³/mol. The Balaban J connectivity index is 3.43. The summed E-state index contributed by atoms with van der Waals surface area (Å²) in [5.74, 6) is 0. The van der Waals surface area contributed by atoms with Gasteiger partial charge in [0.05, 0.1) is 14.2 Å². The van der Waals surface area contributed by atoms with Gasteiger partial charge in [0.2, 0.25) is 0 Å². The van der Waals surface area contributed by atoms with Crippen molar-refractivity contribution in [2.75, 3.05) is 0 Å². The first-order valence-corrected chi connectivity index (χ1v) is 25.2. The van der Waals surface area contributed by atoms with Gasteiger partial charge in [0.25, 0.3) is 0 Å². The zero-order valence-electron chi connectivity index (χ0n) is 12.9. The van der Waals surface area contributed by atoms with Gasteiger partial charge in [-0.05, 0) is 26.2 Å². The van der Waals surface area contributed by atoms with Crippen molar-refractivity contribution in [1.82, 2.24) is 0 Å². The highest BCUT2D eigenvalue weighted by molar-refractivity contribution is 7.93. The Kier molecular flexibility index (Phi) is 3.34. The third-order valence-electron chi connectivity index (χ3n) is 6.65. The molecule has 0 aromatic heterocycles. The molecule has 0 unspecified atom stereocenters. The molecule has 0 saturated carbocycles. The van der Waals surface area contributed by atoms with Crippen LogP contribution in [0.2, 0.25) is 65.5 Å². The van der Waals surface area contributed by atoms with Gasteiger partial charge in [-0.15, -0.1) is 0 Å².